The van der Waals surface area contributed by atoms with Gasteiger partial charge >= 0.3 is 0 Å². The highest BCUT2D eigenvalue weighted by molar-refractivity contribution is 5.80. The molecule has 0 radical (unpaired) electrons. The Morgan fingerprint density at radius 2 is 2.06 bits per heavy atom. The van der Waals surface area contributed by atoms with Crippen LogP contribution >= 0.6 is 0 Å². The molecule has 1 aliphatic heterocycles. The second-order valence-electron chi connectivity index (χ2n) is 8.96. The van der Waals surface area contributed by atoms with Crippen LogP contribution in [0.1, 0.15) is 44.9 Å². The van der Waals surface area contributed by atoms with Crippen LogP contribution in [-0.2, 0) is 9.59 Å². The second-order valence-corrected chi connectivity index (χ2v) is 8.96. The minimum Gasteiger partial charge on any atom is -0.351 e. The van der Waals surface area contributed by atoms with Gasteiger partial charge in [-0.05, 0) is 33.2 Å². The number of hydroxylamine groups is 2. The molecule has 1 saturated carbocycles. The molecule has 0 bridgehead atoms. The topological polar surface area (TPSA) is 114 Å². The number of amides is 2. The van der Waals surface area contributed by atoms with Gasteiger partial charge < -0.3 is 9.80 Å². The first-order chi connectivity index (χ1) is 15.3. The molecule has 2 heterocycles. The molecule has 2 fully saturated rings. The normalized spacial score (nSPS) is 20.8. The number of likely N-dealkylation sites (N-methyl/N-ethyl adjacent to an activating group) is 1. The molecule has 1 aromatic heterocycles. The van der Waals surface area contributed by atoms with E-state index in [0.29, 0.717) is 36.3 Å². The number of anilines is 2. The Kier molecular flexibility index (Phi) is 8.19. The van der Waals surface area contributed by atoms with Gasteiger partial charge in [0.1, 0.15) is 5.82 Å². The second kappa shape index (κ2) is 10.9. The average molecular weight is 452 g/mol. The van der Waals surface area contributed by atoms with E-state index in [9.17, 15) is 14.8 Å². The molecule has 3 rings (SSSR count). The maximum Gasteiger partial charge on any atom is 0.243 e. The number of hydrogen-bond acceptors (Lipinski definition) is 8. The Hall–Kier alpha value is -2.53. The minimum atomic E-state index is -0.628. The number of nitrogens with one attached hydrogen (secondary N) is 2. The SMILES string of the molecule is Cc1nc(NNC(=O)[C@H](CC2CCCC2)CN(O)C=O)c(F)c(N2CCN(C)[C@@H](C)C2)n1. The van der Waals surface area contributed by atoms with Crippen molar-refractivity contribution in [3.05, 3.63) is 11.6 Å². The first kappa shape index (κ1) is 24.1. The molecule has 1 aromatic rings. The van der Waals surface area contributed by atoms with Crippen molar-refractivity contribution in [3.8, 4) is 0 Å². The van der Waals surface area contributed by atoms with E-state index in [1.54, 1.807) is 6.92 Å². The summed E-state index contributed by atoms with van der Waals surface area (Å²) in [6.07, 6.45) is 5.11. The summed E-state index contributed by atoms with van der Waals surface area (Å²) in [5.41, 5.74) is 5.12. The number of nitrogens with zero attached hydrogens (tertiary/aromatic N) is 5. The zero-order valence-corrected chi connectivity index (χ0v) is 19.1. The molecule has 1 saturated heterocycles. The molecular weight excluding hydrogens is 417 g/mol. The van der Waals surface area contributed by atoms with Crippen LogP contribution in [-0.4, -0.2) is 76.7 Å². The van der Waals surface area contributed by atoms with E-state index < -0.39 is 17.6 Å². The maximum atomic E-state index is 15.2. The third-order valence-corrected chi connectivity index (χ3v) is 6.50. The molecule has 0 aromatic carbocycles. The number of rotatable bonds is 9. The Morgan fingerprint density at radius 3 is 2.72 bits per heavy atom. The van der Waals surface area contributed by atoms with Gasteiger partial charge in [-0.3, -0.25) is 25.6 Å². The number of aromatic nitrogens is 2. The number of aryl methyl sites for hydroxylation is 1. The number of piperazine rings is 1. The van der Waals surface area contributed by atoms with Gasteiger partial charge in [-0.2, -0.15) is 4.39 Å². The largest absolute Gasteiger partial charge is 0.351 e. The molecule has 10 nitrogen and oxygen atoms in total. The molecule has 2 amide bonds. The number of carbonyl (C=O) groups is 2. The van der Waals surface area contributed by atoms with Crippen LogP contribution in [0.15, 0.2) is 0 Å². The fourth-order valence-corrected chi connectivity index (χ4v) is 4.48. The van der Waals surface area contributed by atoms with Crippen LogP contribution < -0.4 is 15.8 Å². The first-order valence-electron chi connectivity index (χ1n) is 11.2. The van der Waals surface area contributed by atoms with Gasteiger partial charge in [0.05, 0.1) is 12.5 Å². The van der Waals surface area contributed by atoms with Crippen LogP contribution in [0.2, 0.25) is 0 Å². The van der Waals surface area contributed by atoms with Crippen molar-refractivity contribution in [2.75, 3.05) is 43.6 Å². The zero-order chi connectivity index (χ0) is 23.3. The molecule has 1 aliphatic carbocycles. The standard InChI is InChI=1S/C21H34FN7O3/c1-14-11-28(9-8-27(14)3)20-18(22)19(23-15(2)24-20)25-26-21(31)17(12-29(32)13-30)10-16-6-4-5-7-16/h13-14,16-17,32H,4-12H2,1-3H3,(H,26,31)(H,23,24,25)/t14-,17+/m0/s1. The van der Waals surface area contributed by atoms with Crippen LogP contribution in [0.4, 0.5) is 16.0 Å². The summed E-state index contributed by atoms with van der Waals surface area (Å²) in [6.45, 7) is 5.69. The molecule has 0 unspecified atom stereocenters. The lowest BCUT2D eigenvalue weighted by Crippen LogP contribution is -2.50. The van der Waals surface area contributed by atoms with Crippen molar-refractivity contribution in [1.29, 1.82) is 0 Å². The number of halogens is 1. The van der Waals surface area contributed by atoms with Crippen molar-refractivity contribution in [2.45, 2.75) is 52.0 Å². The summed E-state index contributed by atoms with van der Waals surface area (Å²) < 4.78 is 15.2. The fraction of sp³-hybridized carbons (Fsp3) is 0.714. The lowest BCUT2D eigenvalue weighted by atomic mass is 9.92. The van der Waals surface area contributed by atoms with E-state index in [-0.39, 0.29) is 30.6 Å². The minimum absolute atomic E-state index is 0.108. The fourth-order valence-electron chi connectivity index (χ4n) is 4.48. The molecule has 0 spiro atoms. The number of hydrogen-bond donors (Lipinski definition) is 3. The van der Waals surface area contributed by atoms with Crippen molar-refractivity contribution < 1.29 is 19.2 Å². The molecule has 3 N–H and O–H groups in total. The Morgan fingerprint density at radius 1 is 1.34 bits per heavy atom. The summed E-state index contributed by atoms with van der Waals surface area (Å²) in [4.78, 5) is 36.1. The van der Waals surface area contributed by atoms with E-state index in [1.165, 1.54) is 0 Å². The number of carbonyl (C=O) groups excluding carboxylic acids is 2. The van der Waals surface area contributed by atoms with E-state index in [1.807, 2.05) is 11.9 Å². The average Bonchev–Trinajstić information content (AvgIpc) is 3.28. The van der Waals surface area contributed by atoms with Gasteiger partial charge in [0.2, 0.25) is 18.1 Å². The Bertz CT molecular complexity index is 806. The lowest BCUT2D eigenvalue weighted by Gasteiger charge is -2.38. The highest BCUT2D eigenvalue weighted by Crippen LogP contribution is 2.31. The van der Waals surface area contributed by atoms with Crippen LogP contribution in [0.25, 0.3) is 0 Å². The quantitative estimate of drug-likeness (QED) is 0.294. The molecule has 2 aliphatic rings. The predicted octanol–water partition coefficient (Wildman–Crippen LogP) is 1.55. The van der Waals surface area contributed by atoms with E-state index in [0.717, 1.165) is 32.2 Å². The highest BCUT2D eigenvalue weighted by Gasteiger charge is 2.28. The van der Waals surface area contributed by atoms with Gasteiger partial charge in [0, 0.05) is 25.7 Å². The van der Waals surface area contributed by atoms with E-state index >= 15 is 4.39 Å². The third kappa shape index (κ3) is 6.04. The summed E-state index contributed by atoms with van der Waals surface area (Å²) >= 11 is 0. The molecule has 2 atom stereocenters. The maximum absolute atomic E-state index is 15.2. The molecule has 32 heavy (non-hydrogen) atoms. The summed E-state index contributed by atoms with van der Waals surface area (Å²) in [5, 5.41) is 10.1. The Balaban J connectivity index is 1.69. The number of hydrazine groups is 1. The zero-order valence-electron chi connectivity index (χ0n) is 19.1. The summed E-state index contributed by atoms with van der Waals surface area (Å²) in [5.74, 6) is -0.823. The van der Waals surface area contributed by atoms with Gasteiger partial charge in [0.25, 0.3) is 0 Å². The molecule has 178 valence electrons. The third-order valence-electron chi connectivity index (χ3n) is 6.50. The first-order valence-corrected chi connectivity index (χ1v) is 11.2. The van der Waals surface area contributed by atoms with Crippen molar-refractivity contribution >= 4 is 24.0 Å². The van der Waals surface area contributed by atoms with Gasteiger partial charge in [0.15, 0.2) is 11.6 Å². The van der Waals surface area contributed by atoms with Crippen LogP contribution in [0, 0.1) is 24.6 Å². The lowest BCUT2D eigenvalue weighted by molar-refractivity contribution is -0.154. The molecule has 11 heteroatoms. The highest BCUT2D eigenvalue weighted by atomic mass is 19.1. The van der Waals surface area contributed by atoms with Gasteiger partial charge in [-0.15, -0.1) is 0 Å². The van der Waals surface area contributed by atoms with Crippen LogP contribution in [0.5, 0.6) is 0 Å². The van der Waals surface area contributed by atoms with Gasteiger partial charge in [-0.1, -0.05) is 25.7 Å². The monoisotopic (exact) mass is 451 g/mol. The summed E-state index contributed by atoms with van der Waals surface area (Å²) in [7, 11) is 2.03. The van der Waals surface area contributed by atoms with Crippen molar-refractivity contribution in [3.63, 3.8) is 0 Å². The van der Waals surface area contributed by atoms with E-state index in [2.05, 4.69) is 32.6 Å². The molecular formula is C21H34FN7O3. The predicted molar refractivity (Wildman–Crippen MR) is 117 cm³/mol. The van der Waals surface area contributed by atoms with E-state index in [4.69, 9.17) is 0 Å². The van der Waals surface area contributed by atoms with Crippen molar-refractivity contribution in [1.82, 2.24) is 25.4 Å². The summed E-state index contributed by atoms with van der Waals surface area (Å²) in [6, 6.07) is 0.255. The van der Waals surface area contributed by atoms with Crippen LogP contribution in [0.3, 0.4) is 0 Å². The van der Waals surface area contributed by atoms with Crippen molar-refractivity contribution in [2.24, 2.45) is 11.8 Å². The Labute approximate surface area is 188 Å². The smallest absolute Gasteiger partial charge is 0.243 e. The van der Waals surface area contributed by atoms with Gasteiger partial charge in [-0.25, -0.2) is 15.0 Å².